The molecule has 0 aliphatic heterocycles. The second-order valence-corrected chi connectivity index (χ2v) is 10.1. The summed E-state index contributed by atoms with van der Waals surface area (Å²) >= 11 is 19.1. The van der Waals surface area contributed by atoms with Crippen molar-refractivity contribution in [1.82, 2.24) is 10.4 Å². The van der Waals surface area contributed by atoms with E-state index in [1.54, 1.807) is 48.5 Å². The Hall–Kier alpha value is -4.31. The molecule has 5 rings (SSSR count). The predicted octanol–water partition coefficient (Wildman–Crippen LogP) is 8.80. The SMILES string of the molecule is O=C(Oc1ccccc1C=NNC(=O)c1[nH]c2c(Cl)cc(Cl)cc2c1-c1ccccc1Cl)c1cccc(C(F)(F)F)c1. The summed E-state index contributed by atoms with van der Waals surface area (Å²) < 4.78 is 44.5. The van der Waals surface area contributed by atoms with Crippen LogP contribution in [0.4, 0.5) is 13.2 Å². The van der Waals surface area contributed by atoms with Crippen LogP contribution in [-0.2, 0) is 6.18 Å². The number of nitrogens with one attached hydrogen (secondary N) is 2. The summed E-state index contributed by atoms with van der Waals surface area (Å²) in [6.07, 6.45) is -3.39. The number of para-hydroxylation sites is 1. The Morgan fingerprint density at radius 2 is 1.62 bits per heavy atom. The smallest absolute Gasteiger partial charge is 0.416 e. The van der Waals surface area contributed by atoms with E-state index < -0.39 is 23.6 Å². The predicted molar refractivity (Wildman–Crippen MR) is 157 cm³/mol. The van der Waals surface area contributed by atoms with Crippen LogP contribution in [0.15, 0.2) is 90.0 Å². The minimum absolute atomic E-state index is 0.0155. The number of hydrogen-bond acceptors (Lipinski definition) is 4. The number of nitrogens with zero attached hydrogens (tertiary/aromatic N) is 1. The molecular formula is C30H17Cl3F3N3O3. The summed E-state index contributed by atoms with van der Waals surface area (Å²) in [6, 6.07) is 20.2. The van der Waals surface area contributed by atoms with E-state index in [2.05, 4.69) is 15.5 Å². The van der Waals surface area contributed by atoms with Gasteiger partial charge in [0.05, 0.1) is 27.9 Å². The van der Waals surface area contributed by atoms with Gasteiger partial charge in [-0.2, -0.15) is 18.3 Å². The largest absolute Gasteiger partial charge is 0.422 e. The summed E-state index contributed by atoms with van der Waals surface area (Å²) in [7, 11) is 0. The van der Waals surface area contributed by atoms with E-state index in [4.69, 9.17) is 39.5 Å². The quantitative estimate of drug-likeness (QED) is 0.0851. The average Bonchev–Trinajstić information content (AvgIpc) is 3.33. The number of aromatic amines is 1. The molecule has 212 valence electrons. The van der Waals surface area contributed by atoms with Crippen LogP contribution < -0.4 is 10.2 Å². The van der Waals surface area contributed by atoms with Crippen LogP contribution in [0.25, 0.3) is 22.0 Å². The minimum Gasteiger partial charge on any atom is -0.422 e. The van der Waals surface area contributed by atoms with Gasteiger partial charge in [-0.05, 0) is 48.5 Å². The molecular weight excluding hydrogens is 614 g/mol. The Balaban J connectivity index is 1.41. The van der Waals surface area contributed by atoms with E-state index in [0.29, 0.717) is 43.2 Å². The monoisotopic (exact) mass is 629 g/mol. The second kappa shape index (κ2) is 11.9. The van der Waals surface area contributed by atoms with Crippen molar-refractivity contribution in [2.24, 2.45) is 5.10 Å². The highest BCUT2D eigenvalue weighted by Gasteiger charge is 2.31. The number of ether oxygens (including phenoxy) is 1. The zero-order valence-corrected chi connectivity index (χ0v) is 23.4. The fraction of sp³-hybridized carbons (Fsp3) is 0.0333. The highest BCUT2D eigenvalue weighted by Crippen LogP contribution is 2.40. The molecule has 0 aliphatic carbocycles. The standard InChI is InChI=1S/C30H17Cl3F3N3O3/c31-19-13-21-25(20-9-2-3-10-22(20)32)27(38-26(21)23(33)14-19)28(40)39-37-15-17-6-1-4-11-24(17)42-29(41)16-7-5-8-18(12-16)30(34,35)36/h1-15,38H,(H,39,40). The van der Waals surface area contributed by atoms with E-state index in [1.807, 2.05) is 0 Å². The number of carbonyl (C=O) groups is 2. The Bertz CT molecular complexity index is 1870. The first-order valence-electron chi connectivity index (χ1n) is 12.1. The van der Waals surface area contributed by atoms with E-state index in [9.17, 15) is 22.8 Å². The van der Waals surface area contributed by atoms with Crippen LogP contribution in [0.1, 0.15) is 32.0 Å². The van der Waals surface area contributed by atoms with Gasteiger partial charge in [-0.1, -0.05) is 71.2 Å². The van der Waals surface area contributed by atoms with E-state index >= 15 is 0 Å². The number of benzene rings is 4. The van der Waals surface area contributed by atoms with Gasteiger partial charge >= 0.3 is 12.1 Å². The molecule has 6 nitrogen and oxygen atoms in total. The van der Waals surface area contributed by atoms with Crippen molar-refractivity contribution in [3.05, 3.63) is 122 Å². The van der Waals surface area contributed by atoms with Crippen molar-refractivity contribution in [3.63, 3.8) is 0 Å². The fourth-order valence-electron chi connectivity index (χ4n) is 4.21. The maximum Gasteiger partial charge on any atom is 0.416 e. The summed E-state index contributed by atoms with van der Waals surface area (Å²) in [5.74, 6) is -1.62. The number of esters is 1. The van der Waals surface area contributed by atoms with Crippen LogP contribution in [-0.4, -0.2) is 23.1 Å². The fourth-order valence-corrected chi connectivity index (χ4v) is 4.98. The third kappa shape index (κ3) is 6.13. The normalized spacial score (nSPS) is 11.7. The van der Waals surface area contributed by atoms with E-state index in [-0.39, 0.29) is 22.6 Å². The molecule has 1 amide bonds. The molecule has 0 aliphatic rings. The maximum absolute atomic E-state index is 13.3. The van der Waals surface area contributed by atoms with Gasteiger partial charge in [-0.15, -0.1) is 0 Å². The van der Waals surface area contributed by atoms with E-state index in [1.165, 1.54) is 24.4 Å². The lowest BCUT2D eigenvalue weighted by Gasteiger charge is -2.10. The van der Waals surface area contributed by atoms with Crippen LogP contribution in [0.3, 0.4) is 0 Å². The number of alkyl halides is 3. The molecule has 0 saturated carbocycles. The number of halogens is 6. The number of carbonyl (C=O) groups excluding carboxylic acids is 2. The van der Waals surface area contributed by atoms with Crippen molar-refractivity contribution in [2.75, 3.05) is 0 Å². The zero-order chi connectivity index (χ0) is 30.0. The Morgan fingerprint density at radius 3 is 2.38 bits per heavy atom. The molecule has 2 N–H and O–H groups in total. The number of rotatable bonds is 6. The number of amides is 1. The molecule has 5 aromatic rings. The van der Waals surface area contributed by atoms with Crippen LogP contribution in [0.2, 0.25) is 15.1 Å². The molecule has 42 heavy (non-hydrogen) atoms. The second-order valence-electron chi connectivity index (χ2n) is 8.87. The lowest BCUT2D eigenvalue weighted by atomic mass is 10.0. The lowest BCUT2D eigenvalue weighted by Crippen LogP contribution is -2.19. The average molecular weight is 631 g/mol. The van der Waals surface area contributed by atoms with Gasteiger partial charge in [0.25, 0.3) is 5.91 Å². The van der Waals surface area contributed by atoms with E-state index in [0.717, 1.165) is 12.1 Å². The molecule has 0 saturated heterocycles. The van der Waals surface area contributed by atoms with Crippen molar-refractivity contribution in [3.8, 4) is 16.9 Å². The number of H-pyrrole nitrogens is 1. The van der Waals surface area contributed by atoms with Gasteiger partial charge in [-0.25, -0.2) is 10.2 Å². The van der Waals surface area contributed by atoms with Gasteiger partial charge in [-0.3, -0.25) is 4.79 Å². The highest BCUT2D eigenvalue weighted by atomic mass is 35.5. The van der Waals surface area contributed by atoms with Gasteiger partial charge in [0.15, 0.2) is 0 Å². The molecule has 0 atom stereocenters. The summed E-state index contributed by atoms with van der Waals surface area (Å²) in [5.41, 5.74) is 3.04. The van der Waals surface area contributed by atoms with Crippen molar-refractivity contribution in [2.45, 2.75) is 6.18 Å². The van der Waals surface area contributed by atoms with Gasteiger partial charge < -0.3 is 9.72 Å². The van der Waals surface area contributed by atoms with Crippen molar-refractivity contribution in [1.29, 1.82) is 0 Å². The Labute approximate surface area is 251 Å². The Morgan fingerprint density at radius 1 is 0.881 bits per heavy atom. The molecule has 4 aromatic carbocycles. The summed E-state index contributed by atoms with van der Waals surface area (Å²) in [6.45, 7) is 0. The first-order valence-corrected chi connectivity index (χ1v) is 13.2. The molecule has 0 spiro atoms. The molecule has 1 aromatic heterocycles. The third-order valence-corrected chi connectivity index (χ3v) is 6.96. The Kier molecular flexibility index (Phi) is 8.27. The van der Waals surface area contributed by atoms with Crippen molar-refractivity contribution < 1.29 is 27.5 Å². The lowest BCUT2D eigenvalue weighted by molar-refractivity contribution is -0.137. The van der Waals surface area contributed by atoms with Crippen LogP contribution in [0.5, 0.6) is 5.75 Å². The van der Waals surface area contributed by atoms with Crippen LogP contribution >= 0.6 is 34.8 Å². The number of aromatic nitrogens is 1. The van der Waals surface area contributed by atoms with Gasteiger partial charge in [0, 0.05) is 32.1 Å². The molecule has 0 fully saturated rings. The molecule has 0 bridgehead atoms. The molecule has 12 heteroatoms. The van der Waals surface area contributed by atoms with Gasteiger partial charge in [0.2, 0.25) is 0 Å². The molecule has 0 radical (unpaired) electrons. The minimum atomic E-state index is -4.62. The zero-order valence-electron chi connectivity index (χ0n) is 21.1. The molecule has 0 unspecified atom stereocenters. The summed E-state index contributed by atoms with van der Waals surface area (Å²) in [5, 5.41) is 5.62. The third-order valence-electron chi connectivity index (χ3n) is 6.11. The maximum atomic E-state index is 13.3. The van der Waals surface area contributed by atoms with Crippen molar-refractivity contribution >= 4 is 63.8 Å². The van der Waals surface area contributed by atoms with Gasteiger partial charge in [0.1, 0.15) is 11.4 Å². The topological polar surface area (TPSA) is 83.5 Å². The number of hydrogen-bond donors (Lipinski definition) is 2. The number of fused-ring (bicyclic) bond motifs is 1. The first-order chi connectivity index (χ1) is 20.0. The number of hydrazone groups is 1. The van der Waals surface area contributed by atoms with Crippen LogP contribution in [0, 0.1) is 0 Å². The first kappa shape index (κ1) is 29.2. The molecule has 1 heterocycles. The summed E-state index contributed by atoms with van der Waals surface area (Å²) in [4.78, 5) is 28.9. The highest BCUT2D eigenvalue weighted by molar-refractivity contribution is 6.39.